The molecule has 6 nitrogen and oxygen atoms in total. The molecule has 0 saturated carbocycles. The molecule has 7 heteroatoms. The van der Waals surface area contributed by atoms with Crippen LogP contribution in [0.1, 0.15) is 0 Å². The van der Waals surface area contributed by atoms with Gasteiger partial charge in [0.05, 0.1) is 4.92 Å². The Morgan fingerprint density at radius 1 is 1.21 bits per heavy atom. The summed E-state index contributed by atoms with van der Waals surface area (Å²) in [6, 6.07) is 11.9. The molecule has 2 aromatic carbocycles. The SMILES string of the molecule is NNc1cccc(Oc2ccc(I)cc2)c1[N+](=O)[O-]. The summed E-state index contributed by atoms with van der Waals surface area (Å²) in [7, 11) is 0. The van der Waals surface area contributed by atoms with Crippen LogP contribution in [-0.4, -0.2) is 4.92 Å². The van der Waals surface area contributed by atoms with Crippen molar-refractivity contribution in [3.63, 3.8) is 0 Å². The zero-order valence-corrected chi connectivity index (χ0v) is 11.8. The number of nitrogen functional groups attached to an aromatic ring is 1. The third kappa shape index (κ3) is 3.12. The molecule has 0 aliphatic rings. The smallest absolute Gasteiger partial charge is 0.335 e. The number of halogens is 1. The minimum absolute atomic E-state index is 0.140. The van der Waals surface area contributed by atoms with Gasteiger partial charge in [0.1, 0.15) is 11.4 Å². The van der Waals surface area contributed by atoms with Gasteiger partial charge in [0.15, 0.2) is 0 Å². The van der Waals surface area contributed by atoms with Crippen molar-refractivity contribution in [2.45, 2.75) is 0 Å². The van der Waals surface area contributed by atoms with Crippen molar-refractivity contribution in [1.29, 1.82) is 0 Å². The van der Waals surface area contributed by atoms with Gasteiger partial charge in [0.25, 0.3) is 0 Å². The maximum Gasteiger partial charge on any atom is 0.335 e. The molecule has 0 saturated heterocycles. The summed E-state index contributed by atoms with van der Waals surface area (Å²) < 4.78 is 6.58. The Balaban J connectivity index is 2.39. The van der Waals surface area contributed by atoms with Crippen LogP contribution in [0.3, 0.4) is 0 Å². The molecule has 0 radical (unpaired) electrons. The fraction of sp³-hybridized carbons (Fsp3) is 0. The van der Waals surface area contributed by atoms with E-state index in [1.807, 2.05) is 12.1 Å². The van der Waals surface area contributed by atoms with Gasteiger partial charge in [0, 0.05) is 3.57 Å². The van der Waals surface area contributed by atoms with Gasteiger partial charge < -0.3 is 10.2 Å². The summed E-state index contributed by atoms with van der Waals surface area (Å²) in [5, 5.41) is 11.1. The van der Waals surface area contributed by atoms with E-state index in [0.29, 0.717) is 5.75 Å². The summed E-state index contributed by atoms with van der Waals surface area (Å²) >= 11 is 2.17. The number of hydrogen-bond acceptors (Lipinski definition) is 5. The van der Waals surface area contributed by atoms with E-state index >= 15 is 0 Å². The largest absolute Gasteiger partial charge is 0.450 e. The molecule has 0 amide bonds. The Morgan fingerprint density at radius 2 is 1.89 bits per heavy atom. The van der Waals surface area contributed by atoms with Gasteiger partial charge in [-0.15, -0.1) is 0 Å². The quantitative estimate of drug-likeness (QED) is 0.373. The third-order valence-electron chi connectivity index (χ3n) is 2.38. The summed E-state index contributed by atoms with van der Waals surface area (Å²) in [6.45, 7) is 0. The fourth-order valence-electron chi connectivity index (χ4n) is 1.54. The van der Waals surface area contributed by atoms with Gasteiger partial charge in [-0.1, -0.05) is 6.07 Å². The van der Waals surface area contributed by atoms with Crippen LogP contribution in [0.15, 0.2) is 42.5 Å². The second-order valence-electron chi connectivity index (χ2n) is 3.61. The molecule has 0 atom stereocenters. The molecule has 0 bridgehead atoms. The first-order valence-corrected chi connectivity index (χ1v) is 6.37. The van der Waals surface area contributed by atoms with Crippen molar-refractivity contribution < 1.29 is 9.66 Å². The van der Waals surface area contributed by atoms with E-state index in [1.165, 1.54) is 12.1 Å². The first-order chi connectivity index (χ1) is 9.11. The number of ether oxygens (including phenoxy) is 1. The molecule has 0 spiro atoms. The lowest BCUT2D eigenvalue weighted by molar-refractivity contribution is -0.384. The average Bonchev–Trinajstić information content (AvgIpc) is 2.40. The zero-order valence-electron chi connectivity index (χ0n) is 9.67. The number of anilines is 1. The predicted octanol–water partition coefficient (Wildman–Crippen LogP) is 3.28. The number of nitro groups is 1. The maximum atomic E-state index is 11.1. The zero-order chi connectivity index (χ0) is 13.8. The van der Waals surface area contributed by atoms with Crippen molar-refractivity contribution >= 4 is 34.0 Å². The van der Waals surface area contributed by atoms with E-state index in [0.717, 1.165) is 3.57 Å². The number of hydrazine groups is 1. The molecule has 0 heterocycles. The summed E-state index contributed by atoms with van der Waals surface area (Å²) in [5.41, 5.74) is 2.30. The average molecular weight is 371 g/mol. The second kappa shape index (κ2) is 5.85. The van der Waals surface area contributed by atoms with Gasteiger partial charge in [-0.2, -0.15) is 0 Å². The van der Waals surface area contributed by atoms with Crippen molar-refractivity contribution in [2.75, 3.05) is 5.43 Å². The molecular formula is C12H10IN3O3. The molecule has 98 valence electrons. The molecule has 2 aromatic rings. The monoisotopic (exact) mass is 371 g/mol. The van der Waals surface area contributed by atoms with Crippen LogP contribution < -0.4 is 16.0 Å². The van der Waals surface area contributed by atoms with Crippen LogP contribution >= 0.6 is 22.6 Å². The summed E-state index contributed by atoms with van der Waals surface area (Å²) in [6.07, 6.45) is 0. The van der Waals surface area contributed by atoms with E-state index in [4.69, 9.17) is 10.6 Å². The van der Waals surface area contributed by atoms with Crippen LogP contribution in [0.5, 0.6) is 11.5 Å². The molecule has 19 heavy (non-hydrogen) atoms. The van der Waals surface area contributed by atoms with E-state index in [2.05, 4.69) is 28.0 Å². The Kier molecular flexibility index (Phi) is 4.17. The van der Waals surface area contributed by atoms with E-state index in [1.54, 1.807) is 18.2 Å². The lowest BCUT2D eigenvalue weighted by atomic mass is 10.2. The molecule has 0 unspecified atom stereocenters. The molecular weight excluding hydrogens is 361 g/mol. The Labute approximate surface area is 122 Å². The third-order valence-corrected chi connectivity index (χ3v) is 3.10. The van der Waals surface area contributed by atoms with Crippen LogP contribution in [0.2, 0.25) is 0 Å². The molecule has 0 aliphatic carbocycles. The van der Waals surface area contributed by atoms with Gasteiger partial charge in [0.2, 0.25) is 5.75 Å². The van der Waals surface area contributed by atoms with Crippen molar-refractivity contribution in [3.05, 3.63) is 56.1 Å². The lowest BCUT2D eigenvalue weighted by Crippen LogP contribution is -2.09. The number of nitrogens with two attached hydrogens (primary N) is 1. The van der Waals surface area contributed by atoms with E-state index < -0.39 is 4.92 Å². The summed E-state index contributed by atoms with van der Waals surface area (Å²) in [5.74, 6) is 5.93. The number of nitrogens with zero attached hydrogens (tertiary/aromatic N) is 1. The Morgan fingerprint density at radius 3 is 2.47 bits per heavy atom. The van der Waals surface area contributed by atoms with Crippen LogP contribution in [0.4, 0.5) is 11.4 Å². The minimum atomic E-state index is -0.531. The normalized spacial score (nSPS) is 10.0. The number of rotatable bonds is 4. The first-order valence-electron chi connectivity index (χ1n) is 5.29. The second-order valence-corrected chi connectivity index (χ2v) is 4.86. The van der Waals surface area contributed by atoms with Gasteiger partial charge in [-0.05, 0) is 59.0 Å². The highest BCUT2D eigenvalue weighted by atomic mass is 127. The highest BCUT2D eigenvalue weighted by Gasteiger charge is 2.20. The first kappa shape index (κ1) is 13.6. The predicted molar refractivity (Wildman–Crippen MR) is 80.1 cm³/mol. The molecule has 2 rings (SSSR count). The highest BCUT2D eigenvalue weighted by Crippen LogP contribution is 2.36. The van der Waals surface area contributed by atoms with E-state index in [-0.39, 0.29) is 17.1 Å². The van der Waals surface area contributed by atoms with Gasteiger partial charge in [-0.25, -0.2) is 0 Å². The van der Waals surface area contributed by atoms with Crippen molar-refractivity contribution in [3.8, 4) is 11.5 Å². The molecule has 0 aliphatic heterocycles. The fourth-order valence-corrected chi connectivity index (χ4v) is 1.90. The number of para-hydroxylation sites is 1. The van der Waals surface area contributed by atoms with Crippen LogP contribution in [0, 0.1) is 13.7 Å². The van der Waals surface area contributed by atoms with Gasteiger partial charge in [-0.3, -0.25) is 16.0 Å². The van der Waals surface area contributed by atoms with Crippen molar-refractivity contribution in [1.82, 2.24) is 0 Å². The number of hydrogen-bond donors (Lipinski definition) is 2. The topological polar surface area (TPSA) is 90.4 Å². The van der Waals surface area contributed by atoms with Crippen molar-refractivity contribution in [2.24, 2.45) is 5.84 Å². The summed E-state index contributed by atoms with van der Waals surface area (Å²) in [4.78, 5) is 10.5. The van der Waals surface area contributed by atoms with Crippen LogP contribution in [-0.2, 0) is 0 Å². The number of nitrogens with one attached hydrogen (secondary N) is 1. The number of nitro benzene ring substituents is 1. The Hall–Kier alpha value is -1.87. The van der Waals surface area contributed by atoms with Crippen LogP contribution in [0.25, 0.3) is 0 Å². The minimum Gasteiger partial charge on any atom is -0.450 e. The number of benzene rings is 2. The maximum absolute atomic E-state index is 11.1. The highest BCUT2D eigenvalue weighted by molar-refractivity contribution is 14.1. The van der Waals surface area contributed by atoms with Gasteiger partial charge >= 0.3 is 5.69 Å². The van der Waals surface area contributed by atoms with E-state index in [9.17, 15) is 10.1 Å². The lowest BCUT2D eigenvalue weighted by Gasteiger charge is -2.09. The molecule has 3 N–H and O–H groups in total. The Bertz CT molecular complexity index is 602. The molecule has 0 aromatic heterocycles. The standard InChI is InChI=1S/C12H10IN3O3/c13-8-4-6-9(7-5-8)19-11-3-1-2-10(15-14)12(11)16(17)18/h1-7,15H,14H2. The molecule has 0 fully saturated rings.